The summed E-state index contributed by atoms with van der Waals surface area (Å²) in [6, 6.07) is 0. The highest BCUT2D eigenvalue weighted by Crippen LogP contribution is 2.44. The molecule has 0 saturated carbocycles. The van der Waals surface area contributed by atoms with Crippen molar-refractivity contribution >= 4 is 20.2 Å². The zero-order valence-corrected chi connectivity index (χ0v) is 73.2. The maximum absolute atomic E-state index is 13.1. The van der Waals surface area contributed by atoms with Crippen molar-refractivity contribution in [2.75, 3.05) is 222 Å². The lowest BCUT2D eigenvalue weighted by atomic mass is 9.94. The summed E-state index contributed by atoms with van der Waals surface area (Å²) in [6.45, 7) is -2.30. The quantitative estimate of drug-likeness (QED) is 0.0578. The zero-order chi connectivity index (χ0) is 86.0. The molecule has 0 aromatic heterocycles. The number of methoxy groups -OCH3 is 22. The summed E-state index contributed by atoms with van der Waals surface area (Å²) in [4.78, 5) is 0. The van der Waals surface area contributed by atoms with Crippen LogP contribution in [0.25, 0.3) is 0 Å². The van der Waals surface area contributed by atoms with Gasteiger partial charge in [-0.15, -0.1) is 0 Å². The summed E-state index contributed by atoms with van der Waals surface area (Å²) in [5.41, 5.74) is 0. The van der Waals surface area contributed by atoms with Crippen LogP contribution in [-0.4, -0.2) is 484 Å². The van der Waals surface area contributed by atoms with Gasteiger partial charge in [0.05, 0.1) is 65.4 Å². The van der Waals surface area contributed by atoms with Gasteiger partial charge in [0.25, 0.3) is 20.2 Å². The minimum atomic E-state index is -4.22. The van der Waals surface area contributed by atoms with Gasteiger partial charge in [0.2, 0.25) is 0 Å². The van der Waals surface area contributed by atoms with Crippen LogP contribution in [-0.2, 0) is 209 Å². The molecule has 0 aromatic rings. The van der Waals surface area contributed by atoms with E-state index >= 15 is 0 Å². The van der Waals surface area contributed by atoms with E-state index in [2.05, 4.69) is 0 Å². The van der Waals surface area contributed by atoms with Gasteiger partial charge in [-0.3, -0.25) is 8.37 Å². The first-order valence-electron chi connectivity index (χ1n) is 38.4. The zero-order valence-electron chi connectivity index (χ0n) is 71.5. The molecular weight excluding hydrogens is 1630 g/mol. The molecule has 0 radical (unpaired) electrons. The van der Waals surface area contributed by atoms with Crippen LogP contribution in [0.2, 0.25) is 0 Å². The van der Waals surface area contributed by atoms with E-state index in [1.807, 2.05) is 0 Å². The Balaban J connectivity index is 1.15. The molecule has 0 N–H and O–H groups in total. The van der Waals surface area contributed by atoms with Gasteiger partial charge < -0.3 is 180 Å². The molecule has 0 spiro atoms. The average molecular weight is 1760 g/mol. The smallest absolute Gasteiger partial charge is 0.264 e. The van der Waals surface area contributed by atoms with Crippen LogP contribution in [0, 0.1) is 0 Å². The lowest BCUT2D eigenvalue weighted by Gasteiger charge is -2.53. The molecule has 46 heteroatoms. The minimum absolute atomic E-state index is 0.107. The maximum atomic E-state index is 13.1. The highest BCUT2D eigenvalue weighted by molar-refractivity contribution is 7.86. The van der Waals surface area contributed by atoms with Gasteiger partial charge in [0.1, 0.15) is 195 Å². The highest BCUT2D eigenvalue weighted by atomic mass is 32.2. The molecule has 692 valence electrons. The molecule has 44 nitrogen and oxygen atoms in total. The molecule has 30 rings (SSSR count). The second kappa shape index (κ2) is 47.4. The van der Waals surface area contributed by atoms with E-state index < -0.39 is 279 Å². The van der Waals surface area contributed by atoms with Crippen LogP contribution in [0.4, 0.5) is 0 Å². The van der Waals surface area contributed by atoms with Gasteiger partial charge in [-0.1, -0.05) is 0 Å². The fourth-order valence-corrected chi connectivity index (χ4v) is 17.8. The number of ether oxygens (including phenoxy) is 38. The first-order chi connectivity index (χ1) is 56.8. The Bertz CT molecular complexity index is 3050. The Kier molecular flexibility index (Phi) is 40.2. The number of hydrogen-bond acceptors (Lipinski definition) is 44. The summed E-state index contributed by atoms with van der Waals surface area (Å²) in [5, 5.41) is 0. The molecule has 30 fully saturated rings. The van der Waals surface area contributed by atoms with Crippen molar-refractivity contribution in [2.24, 2.45) is 0 Å². The third kappa shape index (κ3) is 23.1. The fraction of sp³-hybridized carbons (Fsp3) is 1.00. The van der Waals surface area contributed by atoms with Gasteiger partial charge >= 0.3 is 0 Å². The molecule has 30 heterocycles. The first-order valence-corrected chi connectivity index (χ1v) is 42.0. The number of rotatable bonds is 34. The van der Waals surface area contributed by atoms with Crippen molar-refractivity contribution in [1.29, 1.82) is 0 Å². The molecule has 0 aromatic carbocycles. The van der Waals surface area contributed by atoms with Crippen LogP contribution < -0.4 is 0 Å². The SMILES string of the molecule is COC[C@@H]1O[C@@H]2O[C@H]3[C@H](OC)[C@@H](OC)[C@@H](O[C@H]4[C@H](OC)[C@@H](OC)[C@@H](O[C@H]5[C@H](OC)[C@@H](OC)[C@@H](O[C@H]6[C@H](OC)[C@H](OC)[C@@H](O[C@H]7[C@H](OC)[C@@H](OC)[C@@H](O[C@H]8[C@H](OC)[C@H](OC)[C@@H](O[C@H]9[C@@H](OC)[C@@H](OC)[C@@H](O[C@H]1[C@H](OC)[C@@H]2OC)O[C@@H]9COC)O[C@@H]8COC)O[C@@H]7COS(C)(=O)=O)O[C@@H]6COC)O[C@@H]5COS(C)(=O)=O)O[C@H]4COC)O[C@H]3COC. The summed E-state index contributed by atoms with van der Waals surface area (Å²) in [7, 11) is 22.9. The topological polar surface area (TPSA) is 437 Å². The fourth-order valence-electron chi connectivity index (χ4n) is 17.0. The summed E-state index contributed by atoms with van der Waals surface area (Å²) < 4.78 is 310. The Labute approximate surface area is 690 Å². The van der Waals surface area contributed by atoms with Gasteiger partial charge in [-0.2, -0.15) is 16.8 Å². The molecule has 30 saturated heterocycles. The number of hydrogen-bond donors (Lipinski definition) is 0. The highest BCUT2D eigenvalue weighted by Gasteiger charge is 2.63. The second-order valence-electron chi connectivity index (χ2n) is 29.1. The average Bonchev–Trinajstić information content (AvgIpc) is 0.762. The van der Waals surface area contributed by atoms with E-state index in [1.165, 1.54) is 156 Å². The van der Waals surface area contributed by atoms with Crippen molar-refractivity contribution in [2.45, 2.75) is 246 Å². The van der Waals surface area contributed by atoms with E-state index in [0.29, 0.717) is 0 Å². The standard InChI is InChI=1S/C72H128O44S2/c1-77-25-33-41-49(83-7)57(91-15)65(101-33)110-42-34(26-78-2)103-67(59(93-17)50(42)84-8)112-44-36(28-80-4)105-69(61(95-19)52(44)86-10)115-47-39(31-99-117(23,73)74)108-72(64(98-22)55(47)89-13)114-46-38(30-82-6)106-70(62(96-20)54(46)88-12)116-48-40(32-100-118(24,75)76)107-71(63(97-21)56(48)90-14)113-45-37(29-81-5)104-68(60(94-18)53(45)87-11)111-43-35(27-79-3)102-66(109-41)58(92-16)51(43)85-9/h33-72H,25-32H2,1-24H3/t33-,34-,35+,36-,37+,38+,39+,40+,41+,42+,43+,44+,45+,46+,47+,48+,49-,50-,51+,52-,53-,54-,55-,56-,57-,58+,59+,60-,61+,62-,63+,64+,65+,66+,67+,68+,69+,70+,71+,72+/m0/s1. The predicted molar refractivity (Wildman–Crippen MR) is 394 cm³/mol. The molecule has 0 amide bonds. The van der Waals surface area contributed by atoms with Crippen molar-refractivity contribution < 1.29 is 205 Å². The van der Waals surface area contributed by atoms with Crippen molar-refractivity contribution in [1.82, 2.24) is 0 Å². The van der Waals surface area contributed by atoms with E-state index in [9.17, 15) is 16.8 Å². The Hall–Kier alpha value is -1.70. The molecule has 0 aliphatic carbocycles. The predicted octanol–water partition coefficient (Wildman–Crippen LogP) is -3.05. The van der Waals surface area contributed by atoms with Crippen LogP contribution in [0.5, 0.6) is 0 Å². The largest absolute Gasteiger partial charge is 0.382 e. The van der Waals surface area contributed by atoms with Crippen LogP contribution in [0.1, 0.15) is 0 Å². The molecule has 16 bridgehead atoms. The van der Waals surface area contributed by atoms with Crippen molar-refractivity contribution in [3.05, 3.63) is 0 Å². The Morgan fingerprint density at radius 1 is 0.169 bits per heavy atom. The van der Waals surface area contributed by atoms with Crippen LogP contribution in [0.15, 0.2) is 0 Å². The van der Waals surface area contributed by atoms with E-state index in [-0.39, 0.29) is 39.6 Å². The van der Waals surface area contributed by atoms with Gasteiger partial charge in [0.15, 0.2) is 50.3 Å². The van der Waals surface area contributed by atoms with Gasteiger partial charge in [-0.25, -0.2) is 0 Å². The van der Waals surface area contributed by atoms with Crippen molar-refractivity contribution in [3.63, 3.8) is 0 Å². The van der Waals surface area contributed by atoms with E-state index in [0.717, 1.165) is 12.5 Å². The normalized spacial score (nSPS) is 44.6. The third-order valence-electron chi connectivity index (χ3n) is 22.3. The molecule has 118 heavy (non-hydrogen) atoms. The molecule has 40 atom stereocenters. The Morgan fingerprint density at radius 3 is 0.373 bits per heavy atom. The Morgan fingerprint density at radius 2 is 0.280 bits per heavy atom. The van der Waals surface area contributed by atoms with E-state index in [1.54, 1.807) is 0 Å². The first kappa shape index (κ1) is 100. The molecular formula is C72H128O44S2. The lowest BCUT2D eigenvalue weighted by Crippen LogP contribution is -2.70. The van der Waals surface area contributed by atoms with Crippen LogP contribution >= 0.6 is 0 Å². The monoisotopic (exact) mass is 1760 g/mol. The van der Waals surface area contributed by atoms with Crippen LogP contribution in [0.3, 0.4) is 0 Å². The van der Waals surface area contributed by atoms with Gasteiger partial charge in [0, 0.05) is 156 Å². The van der Waals surface area contributed by atoms with E-state index in [4.69, 9.17) is 188 Å². The summed E-state index contributed by atoms with van der Waals surface area (Å²) in [6.07, 6.45) is -47.0. The third-order valence-corrected chi connectivity index (χ3v) is 23.4. The van der Waals surface area contributed by atoms with Crippen molar-refractivity contribution in [3.8, 4) is 0 Å². The minimum Gasteiger partial charge on any atom is -0.382 e. The lowest BCUT2D eigenvalue weighted by molar-refractivity contribution is -0.409. The summed E-state index contributed by atoms with van der Waals surface area (Å²) >= 11 is 0. The molecule has 30 aliphatic heterocycles. The van der Waals surface area contributed by atoms with Gasteiger partial charge in [-0.05, 0) is 0 Å². The molecule has 30 aliphatic rings. The summed E-state index contributed by atoms with van der Waals surface area (Å²) in [5.74, 6) is 0. The second-order valence-corrected chi connectivity index (χ2v) is 32.4. The molecule has 0 unspecified atom stereocenters. The maximum Gasteiger partial charge on any atom is 0.264 e.